The van der Waals surface area contributed by atoms with Crippen molar-refractivity contribution in [3.63, 3.8) is 0 Å². The number of quaternary nitrogens is 1. The summed E-state index contributed by atoms with van der Waals surface area (Å²) in [5.74, 6) is 0. The van der Waals surface area contributed by atoms with Crippen molar-refractivity contribution in [2.45, 2.75) is 58.4 Å². The first-order valence-corrected chi connectivity index (χ1v) is 5.79. The monoisotopic (exact) mass is 265 g/mol. The molecule has 0 spiro atoms. The highest BCUT2D eigenvalue weighted by Crippen LogP contribution is 2.12. The van der Waals surface area contributed by atoms with Crippen LogP contribution in [0.5, 0.6) is 0 Å². The molecule has 0 fully saturated rings. The van der Waals surface area contributed by atoms with Crippen LogP contribution in [0, 0.1) is 0 Å². The predicted octanol–water partition coefficient (Wildman–Crippen LogP) is 0.446. The molecule has 0 aromatic rings. The van der Waals surface area contributed by atoms with Crippen molar-refractivity contribution in [2.75, 3.05) is 21.1 Å². The molecule has 0 aromatic carbocycles. The molecule has 0 radical (unpaired) electrons. The van der Waals surface area contributed by atoms with Crippen LogP contribution in [-0.4, -0.2) is 31.7 Å². The molecule has 0 saturated heterocycles. The molecule has 0 N–H and O–H groups in total. The van der Waals surface area contributed by atoms with Gasteiger partial charge in [0.15, 0.2) is 0 Å². The smallest absolute Gasteiger partial charge is 0.0855 e. The molecule has 0 aromatic heterocycles. The van der Waals surface area contributed by atoms with Crippen LogP contribution in [0.15, 0.2) is 0 Å². The van der Waals surface area contributed by atoms with E-state index in [0.29, 0.717) is 0 Å². The molecule has 0 aliphatic carbocycles. The summed E-state index contributed by atoms with van der Waals surface area (Å²) in [6.45, 7) is 4.63. The molecule has 0 aliphatic rings. The maximum absolute atomic E-state index is 2.36. The number of unbranched alkanes of at least 4 members (excludes halogenated alkanes) is 4. The van der Waals surface area contributed by atoms with Crippen LogP contribution >= 0.6 is 0 Å². The van der Waals surface area contributed by atoms with Crippen LogP contribution in [0.4, 0.5) is 0 Å². The highest BCUT2D eigenvalue weighted by Gasteiger charge is 2.16. The second-order valence-electron chi connectivity index (χ2n) is 5.17. The quantitative estimate of drug-likeness (QED) is 0.463. The van der Waals surface area contributed by atoms with Gasteiger partial charge in [0.25, 0.3) is 0 Å². The summed E-state index contributed by atoms with van der Waals surface area (Å²) in [4.78, 5) is 0. The maximum atomic E-state index is 2.36. The lowest BCUT2D eigenvalue weighted by Crippen LogP contribution is -3.00. The first-order chi connectivity index (χ1) is 5.98. The molecule has 14 heavy (non-hydrogen) atoms. The zero-order valence-corrected chi connectivity index (χ0v) is 12.2. The topological polar surface area (TPSA) is 0 Å². The molecule has 0 bridgehead atoms. The van der Waals surface area contributed by atoms with E-state index >= 15 is 0 Å². The van der Waals surface area contributed by atoms with Crippen molar-refractivity contribution in [3.8, 4) is 0 Å². The highest BCUT2D eigenvalue weighted by atomic mass is 79.9. The Hall–Kier alpha value is 0.440. The summed E-state index contributed by atoms with van der Waals surface area (Å²) in [6, 6.07) is 0.807. The molecule has 1 atom stereocenters. The van der Waals surface area contributed by atoms with E-state index in [4.69, 9.17) is 0 Å². The van der Waals surface area contributed by atoms with Crippen molar-refractivity contribution in [2.24, 2.45) is 0 Å². The minimum absolute atomic E-state index is 0. The first kappa shape index (κ1) is 16.9. The molecule has 1 nitrogen and oxygen atoms in total. The Labute approximate surface area is 101 Å². The SMILES string of the molecule is CCCCCCCC(C)[N+](C)(C)C.[Br-]. The predicted molar refractivity (Wildman–Crippen MR) is 60.9 cm³/mol. The van der Waals surface area contributed by atoms with Crippen LogP contribution in [0.2, 0.25) is 0 Å². The first-order valence-electron chi connectivity index (χ1n) is 5.79. The highest BCUT2D eigenvalue weighted by molar-refractivity contribution is 4.51. The third kappa shape index (κ3) is 9.01. The van der Waals surface area contributed by atoms with E-state index in [0.717, 1.165) is 10.5 Å². The van der Waals surface area contributed by atoms with E-state index in [1.807, 2.05) is 0 Å². The Morgan fingerprint density at radius 1 is 0.929 bits per heavy atom. The molecular weight excluding hydrogens is 238 g/mol. The van der Waals surface area contributed by atoms with Crippen LogP contribution in [0.3, 0.4) is 0 Å². The molecule has 0 amide bonds. The largest absolute Gasteiger partial charge is 1.00 e. The van der Waals surface area contributed by atoms with E-state index in [-0.39, 0.29) is 17.0 Å². The molecule has 0 rings (SSSR count). The van der Waals surface area contributed by atoms with Gasteiger partial charge in [-0.3, -0.25) is 0 Å². The van der Waals surface area contributed by atoms with E-state index in [2.05, 4.69) is 35.0 Å². The van der Waals surface area contributed by atoms with E-state index in [1.54, 1.807) is 0 Å². The average molecular weight is 266 g/mol. The minimum atomic E-state index is 0. The number of halogens is 1. The summed E-state index contributed by atoms with van der Waals surface area (Å²) >= 11 is 0. The van der Waals surface area contributed by atoms with Crippen molar-refractivity contribution in [1.82, 2.24) is 0 Å². The Balaban J connectivity index is 0. The number of hydrogen-bond donors (Lipinski definition) is 0. The fraction of sp³-hybridized carbons (Fsp3) is 1.00. The number of hydrogen-bond acceptors (Lipinski definition) is 0. The molecule has 2 heteroatoms. The third-order valence-electron chi connectivity index (χ3n) is 3.05. The lowest BCUT2D eigenvalue weighted by atomic mass is 10.1. The lowest BCUT2D eigenvalue weighted by molar-refractivity contribution is -0.894. The normalized spacial score (nSPS) is 13.5. The van der Waals surface area contributed by atoms with Gasteiger partial charge in [-0.1, -0.05) is 32.6 Å². The van der Waals surface area contributed by atoms with E-state index in [1.165, 1.54) is 38.5 Å². The molecule has 0 heterocycles. The molecule has 1 unspecified atom stereocenters. The molecule has 0 aliphatic heterocycles. The van der Waals surface area contributed by atoms with Crippen LogP contribution in [-0.2, 0) is 0 Å². The standard InChI is InChI=1S/C12H28N.BrH/c1-6-7-8-9-10-11-12(2)13(3,4)5;/h12H,6-11H2,1-5H3;1H/q+1;/p-1. The zero-order valence-electron chi connectivity index (χ0n) is 10.6. The maximum Gasteiger partial charge on any atom is 0.0855 e. The van der Waals surface area contributed by atoms with Crippen LogP contribution in [0.1, 0.15) is 52.4 Å². The van der Waals surface area contributed by atoms with Gasteiger partial charge in [0.05, 0.1) is 27.2 Å². The fourth-order valence-corrected chi connectivity index (χ4v) is 1.43. The Kier molecular flexibility index (Phi) is 10.5. The fourth-order valence-electron chi connectivity index (χ4n) is 1.43. The van der Waals surface area contributed by atoms with Crippen molar-refractivity contribution >= 4 is 0 Å². The summed E-state index contributed by atoms with van der Waals surface area (Å²) in [5.41, 5.74) is 0. The Morgan fingerprint density at radius 3 is 1.86 bits per heavy atom. The molecular formula is C12H28BrN. The zero-order chi connectivity index (χ0) is 10.3. The average Bonchev–Trinajstić information content (AvgIpc) is 2.02. The van der Waals surface area contributed by atoms with Crippen LogP contribution in [0.25, 0.3) is 0 Å². The molecule has 0 saturated carbocycles. The summed E-state index contributed by atoms with van der Waals surface area (Å²) < 4.78 is 1.10. The number of rotatable bonds is 7. The van der Waals surface area contributed by atoms with Gasteiger partial charge >= 0.3 is 0 Å². The van der Waals surface area contributed by atoms with E-state index < -0.39 is 0 Å². The second kappa shape index (κ2) is 8.72. The second-order valence-corrected chi connectivity index (χ2v) is 5.17. The van der Waals surface area contributed by atoms with Gasteiger partial charge < -0.3 is 21.5 Å². The summed E-state index contributed by atoms with van der Waals surface area (Å²) in [5, 5.41) is 0. The third-order valence-corrected chi connectivity index (χ3v) is 3.05. The van der Waals surface area contributed by atoms with Gasteiger partial charge in [0, 0.05) is 0 Å². The van der Waals surface area contributed by atoms with Gasteiger partial charge in [-0.05, 0) is 19.8 Å². The van der Waals surface area contributed by atoms with Gasteiger partial charge in [0.2, 0.25) is 0 Å². The molecule has 88 valence electrons. The minimum Gasteiger partial charge on any atom is -1.00 e. The van der Waals surface area contributed by atoms with Crippen molar-refractivity contribution < 1.29 is 21.5 Å². The van der Waals surface area contributed by atoms with Gasteiger partial charge in [-0.15, -0.1) is 0 Å². The Morgan fingerprint density at radius 2 is 1.43 bits per heavy atom. The van der Waals surface area contributed by atoms with Gasteiger partial charge in [-0.25, -0.2) is 0 Å². The van der Waals surface area contributed by atoms with Gasteiger partial charge in [0.1, 0.15) is 0 Å². The van der Waals surface area contributed by atoms with E-state index in [9.17, 15) is 0 Å². The Bertz CT molecular complexity index is 118. The summed E-state index contributed by atoms with van der Waals surface area (Å²) in [6.07, 6.45) is 8.42. The lowest BCUT2D eigenvalue weighted by Gasteiger charge is -2.31. The van der Waals surface area contributed by atoms with Crippen LogP contribution < -0.4 is 17.0 Å². The van der Waals surface area contributed by atoms with Crippen molar-refractivity contribution in [1.29, 1.82) is 0 Å². The summed E-state index contributed by atoms with van der Waals surface area (Å²) in [7, 11) is 6.87. The van der Waals surface area contributed by atoms with Gasteiger partial charge in [-0.2, -0.15) is 0 Å². The van der Waals surface area contributed by atoms with Crippen molar-refractivity contribution in [3.05, 3.63) is 0 Å². The number of nitrogens with zero attached hydrogens (tertiary/aromatic N) is 1.